The molecule has 0 radical (unpaired) electrons. The molecule has 0 bridgehead atoms. The van der Waals surface area contributed by atoms with E-state index in [-0.39, 0.29) is 0 Å². The van der Waals surface area contributed by atoms with E-state index in [0.29, 0.717) is 5.25 Å². The standard InChI is InChI=1S/C7H13ClS/c1-3-6-9-7(2)4-5-8/h3,7H,1,4-6H2,2H3. The highest BCUT2D eigenvalue weighted by molar-refractivity contribution is 8.00. The van der Waals surface area contributed by atoms with E-state index in [0.717, 1.165) is 18.1 Å². The molecule has 0 fully saturated rings. The molecule has 0 saturated carbocycles. The Balaban J connectivity index is 3.04. The first-order chi connectivity index (χ1) is 4.31. The van der Waals surface area contributed by atoms with Crippen LogP contribution in [-0.4, -0.2) is 16.9 Å². The van der Waals surface area contributed by atoms with Crippen molar-refractivity contribution in [2.24, 2.45) is 0 Å². The fraction of sp³-hybridized carbons (Fsp3) is 0.714. The molecule has 0 saturated heterocycles. The zero-order valence-corrected chi connectivity index (χ0v) is 7.34. The summed E-state index contributed by atoms with van der Waals surface area (Å²) >= 11 is 7.43. The zero-order valence-electron chi connectivity index (χ0n) is 5.77. The Kier molecular flexibility index (Phi) is 6.77. The summed E-state index contributed by atoms with van der Waals surface area (Å²) in [4.78, 5) is 0. The van der Waals surface area contributed by atoms with E-state index in [1.165, 1.54) is 0 Å². The van der Waals surface area contributed by atoms with E-state index in [4.69, 9.17) is 11.6 Å². The van der Waals surface area contributed by atoms with Crippen LogP contribution in [0.2, 0.25) is 0 Å². The van der Waals surface area contributed by atoms with Gasteiger partial charge in [-0.25, -0.2) is 0 Å². The summed E-state index contributed by atoms with van der Waals surface area (Å²) in [6, 6.07) is 0. The van der Waals surface area contributed by atoms with Gasteiger partial charge in [-0.1, -0.05) is 13.0 Å². The second-order valence-electron chi connectivity index (χ2n) is 1.91. The van der Waals surface area contributed by atoms with Crippen molar-refractivity contribution in [1.29, 1.82) is 0 Å². The van der Waals surface area contributed by atoms with Gasteiger partial charge in [-0.05, 0) is 6.42 Å². The number of alkyl halides is 1. The third-order valence-corrected chi connectivity index (χ3v) is 2.47. The average molecular weight is 165 g/mol. The third kappa shape index (κ3) is 6.26. The molecule has 0 heterocycles. The Morgan fingerprint density at radius 2 is 2.44 bits per heavy atom. The molecule has 9 heavy (non-hydrogen) atoms. The van der Waals surface area contributed by atoms with Crippen LogP contribution in [0.15, 0.2) is 12.7 Å². The van der Waals surface area contributed by atoms with Crippen LogP contribution in [0, 0.1) is 0 Å². The Bertz CT molecular complexity index is 73.3. The van der Waals surface area contributed by atoms with Crippen molar-refractivity contribution in [3.8, 4) is 0 Å². The lowest BCUT2D eigenvalue weighted by Crippen LogP contribution is -1.96. The fourth-order valence-corrected chi connectivity index (χ4v) is 1.68. The highest BCUT2D eigenvalue weighted by atomic mass is 35.5. The predicted molar refractivity (Wildman–Crippen MR) is 47.5 cm³/mol. The van der Waals surface area contributed by atoms with Gasteiger partial charge in [-0.3, -0.25) is 0 Å². The molecule has 0 nitrogen and oxygen atoms in total. The predicted octanol–water partition coefficient (Wildman–Crippen LogP) is 2.92. The molecule has 0 aliphatic carbocycles. The highest BCUT2D eigenvalue weighted by Gasteiger charge is 1.97. The molecule has 0 spiro atoms. The van der Waals surface area contributed by atoms with Crippen molar-refractivity contribution in [1.82, 2.24) is 0 Å². The maximum absolute atomic E-state index is 5.54. The first-order valence-corrected chi connectivity index (χ1v) is 4.68. The summed E-state index contributed by atoms with van der Waals surface area (Å²) in [6.07, 6.45) is 3.02. The molecule has 2 heteroatoms. The number of rotatable bonds is 5. The van der Waals surface area contributed by atoms with Gasteiger partial charge in [0.1, 0.15) is 0 Å². The molecule has 1 unspecified atom stereocenters. The molecule has 0 aromatic rings. The summed E-state index contributed by atoms with van der Waals surface area (Å²) in [7, 11) is 0. The van der Waals surface area contributed by atoms with Crippen LogP contribution >= 0.6 is 23.4 Å². The molecular formula is C7H13ClS. The second kappa shape index (κ2) is 6.50. The molecule has 1 atom stereocenters. The van der Waals surface area contributed by atoms with Crippen molar-refractivity contribution in [3.05, 3.63) is 12.7 Å². The Labute approximate surface area is 66.7 Å². The van der Waals surface area contributed by atoms with Gasteiger partial charge >= 0.3 is 0 Å². The average Bonchev–Trinajstić information content (AvgIpc) is 1.85. The maximum Gasteiger partial charge on any atom is 0.0233 e. The molecular weight excluding hydrogens is 152 g/mol. The zero-order chi connectivity index (χ0) is 7.11. The summed E-state index contributed by atoms with van der Waals surface area (Å²) in [6.45, 7) is 5.83. The fourth-order valence-electron chi connectivity index (χ4n) is 0.469. The minimum Gasteiger partial charge on any atom is -0.155 e. The highest BCUT2D eigenvalue weighted by Crippen LogP contribution is 2.13. The first kappa shape index (κ1) is 9.38. The van der Waals surface area contributed by atoms with Crippen LogP contribution in [0.25, 0.3) is 0 Å². The smallest absolute Gasteiger partial charge is 0.0233 e. The lowest BCUT2D eigenvalue weighted by atomic mass is 10.4. The molecule has 0 aromatic heterocycles. The van der Waals surface area contributed by atoms with Gasteiger partial charge in [0.25, 0.3) is 0 Å². The van der Waals surface area contributed by atoms with Gasteiger partial charge in [-0.15, -0.1) is 18.2 Å². The van der Waals surface area contributed by atoms with Crippen LogP contribution in [0.5, 0.6) is 0 Å². The van der Waals surface area contributed by atoms with Crippen molar-refractivity contribution in [2.75, 3.05) is 11.6 Å². The van der Waals surface area contributed by atoms with Gasteiger partial charge in [-0.2, -0.15) is 11.8 Å². The first-order valence-electron chi connectivity index (χ1n) is 3.09. The van der Waals surface area contributed by atoms with Gasteiger partial charge in [0.15, 0.2) is 0 Å². The van der Waals surface area contributed by atoms with E-state index in [1.807, 2.05) is 17.8 Å². The van der Waals surface area contributed by atoms with Gasteiger partial charge in [0, 0.05) is 16.9 Å². The van der Waals surface area contributed by atoms with Crippen molar-refractivity contribution < 1.29 is 0 Å². The van der Waals surface area contributed by atoms with Crippen molar-refractivity contribution in [3.63, 3.8) is 0 Å². The molecule has 0 amide bonds. The molecule has 54 valence electrons. The largest absolute Gasteiger partial charge is 0.155 e. The topological polar surface area (TPSA) is 0 Å². The maximum atomic E-state index is 5.54. The number of thioether (sulfide) groups is 1. The van der Waals surface area contributed by atoms with E-state index in [9.17, 15) is 0 Å². The SMILES string of the molecule is C=CCSC(C)CCCl. The van der Waals surface area contributed by atoms with Crippen molar-refractivity contribution >= 4 is 23.4 Å². The number of hydrogen-bond donors (Lipinski definition) is 0. The summed E-state index contributed by atoms with van der Waals surface area (Å²) in [5.41, 5.74) is 0. The normalized spacial score (nSPS) is 13.1. The van der Waals surface area contributed by atoms with E-state index in [1.54, 1.807) is 0 Å². The Morgan fingerprint density at radius 1 is 1.78 bits per heavy atom. The lowest BCUT2D eigenvalue weighted by Gasteiger charge is -2.05. The Morgan fingerprint density at radius 3 is 2.89 bits per heavy atom. The van der Waals surface area contributed by atoms with Crippen molar-refractivity contribution in [2.45, 2.75) is 18.6 Å². The third-order valence-electron chi connectivity index (χ3n) is 1.01. The molecule has 0 N–H and O–H groups in total. The van der Waals surface area contributed by atoms with Crippen LogP contribution < -0.4 is 0 Å². The second-order valence-corrected chi connectivity index (χ2v) is 3.76. The minimum absolute atomic E-state index is 0.681. The Hall–Kier alpha value is 0.380. The minimum atomic E-state index is 0.681. The molecule has 0 aliphatic heterocycles. The quantitative estimate of drug-likeness (QED) is 0.445. The van der Waals surface area contributed by atoms with Crippen LogP contribution in [0.1, 0.15) is 13.3 Å². The monoisotopic (exact) mass is 164 g/mol. The summed E-state index contributed by atoms with van der Waals surface area (Å²) in [5.74, 6) is 1.81. The molecule has 0 aliphatic rings. The lowest BCUT2D eigenvalue weighted by molar-refractivity contribution is 0.914. The van der Waals surface area contributed by atoms with Gasteiger partial charge < -0.3 is 0 Å². The summed E-state index contributed by atoms with van der Waals surface area (Å²) < 4.78 is 0. The van der Waals surface area contributed by atoms with E-state index < -0.39 is 0 Å². The summed E-state index contributed by atoms with van der Waals surface area (Å²) in [5, 5.41) is 0.681. The van der Waals surface area contributed by atoms with Gasteiger partial charge in [0.2, 0.25) is 0 Å². The van der Waals surface area contributed by atoms with E-state index in [2.05, 4.69) is 13.5 Å². The van der Waals surface area contributed by atoms with E-state index >= 15 is 0 Å². The van der Waals surface area contributed by atoms with Crippen LogP contribution in [-0.2, 0) is 0 Å². The van der Waals surface area contributed by atoms with Crippen LogP contribution in [0.4, 0.5) is 0 Å². The van der Waals surface area contributed by atoms with Gasteiger partial charge in [0.05, 0.1) is 0 Å². The number of hydrogen-bond acceptors (Lipinski definition) is 1. The number of halogens is 1. The van der Waals surface area contributed by atoms with Crippen LogP contribution in [0.3, 0.4) is 0 Å². The molecule has 0 aromatic carbocycles. The molecule has 0 rings (SSSR count).